The van der Waals surface area contributed by atoms with Gasteiger partial charge in [-0.05, 0) is 19.3 Å². The van der Waals surface area contributed by atoms with Gasteiger partial charge in [0.25, 0.3) is 0 Å². The van der Waals surface area contributed by atoms with Crippen LogP contribution in [0.1, 0.15) is 26.2 Å². The number of ether oxygens (including phenoxy) is 1. The normalized spacial score (nSPS) is 20.7. The number of carboxylic acids is 1. The van der Waals surface area contributed by atoms with Crippen molar-refractivity contribution in [3.05, 3.63) is 0 Å². The second kappa shape index (κ2) is 7.33. The molecule has 1 aliphatic rings. The number of hydrogen-bond donors (Lipinski definition) is 1. The van der Waals surface area contributed by atoms with Crippen LogP contribution in [0.15, 0.2) is 0 Å². The molecule has 2 amide bonds. The van der Waals surface area contributed by atoms with Crippen molar-refractivity contribution in [2.24, 2.45) is 5.92 Å². The Hall–Kier alpha value is -1.30. The van der Waals surface area contributed by atoms with Crippen molar-refractivity contribution in [3.8, 4) is 0 Å². The van der Waals surface area contributed by atoms with E-state index in [1.165, 1.54) is 4.90 Å². The van der Waals surface area contributed by atoms with Gasteiger partial charge < -0.3 is 19.6 Å². The van der Waals surface area contributed by atoms with Crippen LogP contribution in [-0.4, -0.2) is 66.8 Å². The van der Waals surface area contributed by atoms with Crippen molar-refractivity contribution in [2.75, 3.05) is 33.9 Å². The largest absolute Gasteiger partial charge is 0.480 e. The summed E-state index contributed by atoms with van der Waals surface area (Å²) in [4.78, 5) is 26.1. The smallest absolute Gasteiger partial charge is 0.326 e. The van der Waals surface area contributed by atoms with Crippen molar-refractivity contribution in [2.45, 2.75) is 32.2 Å². The number of likely N-dealkylation sites (N-methyl/N-ethyl adjacent to an activating group) is 1. The van der Waals surface area contributed by atoms with Crippen molar-refractivity contribution in [1.82, 2.24) is 9.80 Å². The Morgan fingerprint density at radius 2 is 2.11 bits per heavy atom. The zero-order valence-corrected chi connectivity index (χ0v) is 12.0. The number of amides is 2. The molecule has 2 atom stereocenters. The third-order valence-corrected chi connectivity index (χ3v) is 3.55. The molecule has 1 aliphatic heterocycles. The molecule has 110 valence electrons. The summed E-state index contributed by atoms with van der Waals surface area (Å²) in [5.74, 6) is -0.617. The minimum absolute atomic E-state index is 0.250. The predicted octanol–water partition coefficient (Wildman–Crippen LogP) is 1.26. The Labute approximate surface area is 114 Å². The van der Waals surface area contributed by atoms with Crippen LogP contribution in [0.5, 0.6) is 0 Å². The van der Waals surface area contributed by atoms with Crippen molar-refractivity contribution in [1.29, 1.82) is 0 Å². The lowest BCUT2D eigenvalue weighted by atomic mass is 10.0. The molecule has 1 saturated heterocycles. The number of nitrogens with zero attached hydrogens (tertiary/aromatic N) is 2. The number of carboxylic acid groups (broad SMARTS) is 1. The molecule has 0 saturated carbocycles. The molecule has 0 bridgehead atoms. The third kappa shape index (κ3) is 4.38. The van der Waals surface area contributed by atoms with E-state index < -0.39 is 12.0 Å². The molecule has 2 unspecified atom stereocenters. The molecule has 1 heterocycles. The molecule has 0 aromatic rings. The first-order chi connectivity index (χ1) is 8.97. The second-order valence-electron chi connectivity index (χ2n) is 5.12. The van der Waals surface area contributed by atoms with Crippen molar-refractivity contribution in [3.63, 3.8) is 0 Å². The van der Waals surface area contributed by atoms with E-state index in [0.717, 1.165) is 19.4 Å². The highest BCUT2D eigenvalue weighted by molar-refractivity contribution is 5.82. The fourth-order valence-electron chi connectivity index (χ4n) is 2.43. The third-order valence-electron chi connectivity index (χ3n) is 3.55. The average molecular weight is 272 g/mol. The second-order valence-corrected chi connectivity index (χ2v) is 5.12. The molecular formula is C13H24N2O4. The molecule has 1 rings (SSSR count). The van der Waals surface area contributed by atoms with Gasteiger partial charge in [-0.2, -0.15) is 0 Å². The Bertz CT molecular complexity index is 316. The van der Waals surface area contributed by atoms with Gasteiger partial charge in [0.2, 0.25) is 0 Å². The summed E-state index contributed by atoms with van der Waals surface area (Å²) >= 11 is 0. The first-order valence-corrected chi connectivity index (χ1v) is 6.75. The molecule has 6 heteroatoms. The molecule has 0 aromatic heterocycles. The quantitative estimate of drug-likeness (QED) is 0.818. The molecule has 19 heavy (non-hydrogen) atoms. The topological polar surface area (TPSA) is 70.1 Å². The van der Waals surface area contributed by atoms with Crippen LogP contribution in [0, 0.1) is 5.92 Å². The lowest BCUT2D eigenvalue weighted by Gasteiger charge is -2.32. The highest BCUT2D eigenvalue weighted by Gasteiger charge is 2.28. The average Bonchev–Trinajstić information content (AvgIpc) is 2.39. The molecule has 6 nitrogen and oxygen atoms in total. The SMILES string of the molecule is CCC(C(=O)O)N(C)C(=O)N(C)CC1CCCOC1. The highest BCUT2D eigenvalue weighted by Crippen LogP contribution is 2.15. The van der Waals surface area contributed by atoms with E-state index in [1.54, 1.807) is 25.9 Å². The Morgan fingerprint density at radius 3 is 2.58 bits per heavy atom. The number of hydrogen-bond acceptors (Lipinski definition) is 3. The zero-order valence-electron chi connectivity index (χ0n) is 12.0. The molecule has 0 aromatic carbocycles. The molecular weight excluding hydrogens is 248 g/mol. The van der Waals surface area contributed by atoms with Gasteiger partial charge in [0, 0.05) is 33.2 Å². The van der Waals surface area contributed by atoms with E-state index in [1.807, 2.05) is 0 Å². The maximum Gasteiger partial charge on any atom is 0.326 e. The first-order valence-electron chi connectivity index (χ1n) is 6.75. The number of urea groups is 1. The maximum absolute atomic E-state index is 12.2. The van der Waals surface area contributed by atoms with Gasteiger partial charge in [-0.1, -0.05) is 6.92 Å². The summed E-state index contributed by atoms with van der Waals surface area (Å²) in [6, 6.07) is -1.02. The minimum Gasteiger partial charge on any atom is -0.480 e. The van der Waals surface area contributed by atoms with E-state index in [2.05, 4.69) is 0 Å². The lowest BCUT2D eigenvalue weighted by Crippen LogP contribution is -2.49. The van der Waals surface area contributed by atoms with Gasteiger partial charge in [-0.25, -0.2) is 9.59 Å². The van der Waals surface area contributed by atoms with E-state index in [9.17, 15) is 9.59 Å². The molecule has 0 spiro atoms. The van der Waals surface area contributed by atoms with Crippen molar-refractivity contribution < 1.29 is 19.4 Å². The summed E-state index contributed by atoms with van der Waals surface area (Å²) in [5, 5.41) is 9.06. The summed E-state index contributed by atoms with van der Waals surface area (Å²) in [6.45, 7) is 3.85. The van der Waals surface area contributed by atoms with E-state index in [-0.39, 0.29) is 6.03 Å². The predicted molar refractivity (Wildman–Crippen MR) is 71.0 cm³/mol. The number of rotatable bonds is 5. The molecule has 1 N–H and O–H groups in total. The van der Waals surface area contributed by atoms with Crippen LogP contribution in [0.25, 0.3) is 0 Å². The van der Waals surface area contributed by atoms with Gasteiger partial charge >= 0.3 is 12.0 Å². The van der Waals surface area contributed by atoms with Crippen LogP contribution in [-0.2, 0) is 9.53 Å². The minimum atomic E-state index is -0.965. The summed E-state index contributed by atoms with van der Waals surface area (Å²) in [6.07, 6.45) is 2.48. The van der Waals surface area contributed by atoms with Crippen LogP contribution in [0.2, 0.25) is 0 Å². The highest BCUT2D eigenvalue weighted by atomic mass is 16.5. The monoisotopic (exact) mass is 272 g/mol. The van der Waals surface area contributed by atoms with Gasteiger partial charge in [0.15, 0.2) is 0 Å². The van der Waals surface area contributed by atoms with Gasteiger partial charge in [0.1, 0.15) is 6.04 Å². The van der Waals surface area contributed by atoms with E-state index in [4.69, 9.17) is 9.84 Å². The number of carbonyl (C=O) groups excluding carboxylic acids is 1. The Morgan fingerprint density at radius 1 is 1.42 bits per heavy atom. The van der Waals surface area contributed by atoms with Crippen LogP contribution in [0.3, 0.4) is 0 Å². The molecule has 1 fully saturated rings. The summed E-state index contributed by atoms with van der Waals surface area (Å²) in [7, 11) is 3.25. The number of aliphatic carboxylic acids is 1. The standard InChI is InChI=1S/C13H24N2O4/c1-4-11(12(16)17)15(3)13(18)14(2)8-10-6-5-7-19-9-10/h10-11H,4-9H2,1-3H3,(H,16,17). The van der Waals surface area contributed by atoms with Crippen molar-refractivity contribution >= 4 is 12.0 Å². The van der Waals surface area contributed by atoms with E-state index >= 15 is 0 Å². The van der Waals surface area contributed by atoms with Gasteiger partial charge in [-0.3, -0.25) is 0 Å². The van der Waals surface area contributed by atoms with Crippen LogP contribution in [0.4, 0.5) is 4.79 Å². The number of carbonyl (C=O) groups is 2. The Balaban J connectivity index is 2.52. The lowest BCUT2D eigenvalue weighted by molar-refractivity contribution is -0.142. The van der Waals surface area contributed by atoms with E-state index in [0.29, 0.717) is 25.5 Å². The molecule has 0 radical (unpaired) electrons. The van der Waals surface area contributed by atoms with Gasteiger partial charge in [-0.15, -0.1) is 0 Å². The fraction of sp³-hybridized carbons (Fsp3) is 0.846. The van der Waals surface area contributed by atoms with Crippen LogP contribution >= 0.6 is 0 Å². The van der Waals surface area contributed by atoms with Crippen LogP contribution < -0.4 is 0 Å². The summed E-state index contributed by atoms with van der Waals surface area (Å²) < 4.78 is 5.38. The maximum atomic E-state index is 12.2. The molecule has 0 aliphatic carbocycles. The summed E-state index contributed by atoms with van der Waals surface area (Å²) in [5.41, 5.74) is 0. The van der Waals surface area contributed by atoms with Gasteiger partial charge in [0.05, 0.1) is 6.61 Å². The zero-order chi connectivity index (χ0) is 14.4. The Kier molecular flexibility index (Phi) is 6.08. The first kappa shape index (κ1) is 15.8. The fourth-order valence-corrected chi connectivity index (χ4v) is 2.43.